The normalized spacial score (nSPS) is 11.9. The first-order valence-electron chi connectivity index (χ1n) is 8.67. The van der Waals surface area contributed by atoms with E-state index in [0.717, 1.165) is 5.56 Å². The van der Waals surface area contributed by atoms with Crippen LogP contribution in [0.1, 0.15) is 17.1 Å². The lowest BCUT2D eigenvalue weighted by Gasteiger charge is -2.04. The topological polar surface area (TPSA) is 73.5 Å². The number of nitrogens with one attached hydrogen (secondary N) is 2. The van der Waals surface area contributed by atoms with Gasteiger partial charge in [-0.05, 0) is 50.0 Å². The standard InChI is InChI=1S/C20H18F2N6/c1-28(2)11-18-23-20(27-25-18)13-9-15-17(24-26-19(15)16(22)10-13)8-5-12-3-6-14(21)7-4-12/h3-10H,11H2,1-2H3,(H,24,26)(H,23,25,27)/b8-5+. The summed E-state index contributed by atoms with van der Waals surface area (Å²) in [6, 6.07) is 9.27. The second-order valence-electron chi connectivity index (χ2n) is 6.72. The Balaban J connectivity index is 1.70. The Morgan fingerprint density at radius 3 is 2.54 bits per heavy atom. The molecule has 0 aliphatic heterocycles. The number of aromatic nitrogens is 5. The number of aromatic amines is 2. The van der Waals surface area contributed by atoms with Gasteiger partial charge in [0.1, 0.15) is 17.2 Å². The van der Waals surface area contributed by atoms with Crippen LogP contribution in [0, 0.1) is 11.6 Å². The Hall–Kier alpha value is -3.39. The lowest BCUT2D eigenvalue weighted by atomic mass is 10.1. The van der Waals surface area contributed by atoms with Crippen LogP contribution in [0.4, 0.5) is 8.78 Å². The van der Waals surface area contributed by atoms with E-state index in [1.165, 1.54) is 18.2 Å². The van der Waals surface area contributed by atoms with Gasteiger partial charge in [0.2, 0.25) is 0 Å². The van der Waals surface area contributed by atoms with Crippen molar-refractivity contribution in [1.82, 2.24) is 30.3 Å². The third-order valence-electron chi connectivity index (χ3n) is 4.21. The van der Waals surface area contributed by atoms with E-state index in [9.17, 15) is 8.78 Å². The molecule has 0 aliphatic carbocycles. The molecular weight excluding hydrogens is 362 g/mol. The van der Waals surface area contributed by atoms with E-state index >= 15 is 0 Å². The van der Waals surface area contributed by atoms with Crippen LogP contribution in [0.5, 0.6) is 0 Å². The quantitative estimate of drug-likeness (QED) is 0.551. The van der Waals surface area contributed by atoms with Gasteiger partial charge >= 0.3 is 0 Å². The summed E-state index contributed by atoms with van der Waals surface area (Å²) >= 11 is 0. The van der Waals surface area contributed by atoms with Crippen LogP contribution in [-0.2, 0) is 6.54 Å². The third-order valence-corrected chi connectivity index (χ3v) is 4.21. The Morgan fingerprint density at radius 2 is 1.79 bits per heavy atom. The third kappa shape index (κ3) is 3.67. The van der Waals surface area contributed by atoms with Crippen molar-refractivity contribution in [3.8, 4) is 11.4 Å². The van der Waals surface area contributed by atoms with Crippen LogP contribution >= 0.6 is 0 Å². The number of rotatable bonds is 5. The molecule has 0 saturated heterocycles. The Bertz CT molecular complexity index is 1140. The zero-order chi connectivity index (χ0) is 19.7. The molecule has 4 rings (SSSR count). The van der Waals surface area contributed by atoms with Gasteiger partial charge in [-0.1, -0.05) is 18.2 Å². The molecule has 0 radical (unpaired) electrons. The van der Waals surface area contributed by atoms with Crippen LogP contribution in [0.3, 0.4) is 0 Å². The fourth-order valence-corrected chi connectivity index (χ4v) is 2.90. The van der Waals surface area contributed by atoms with Gasteiger partial charge in [-0.2, -0.15) is 10.2 Å². The number of halogens is 2. The van der Waals surface area contributed by atoms with Crippen LogP contribution < -0.4 is 0 Å². The van der Waals surface area contributed by atoms with Gasteiger partial charge in [0.25, 0.3) is 0 Å². The minimum Gasteiger partial charge on any atom is -0.302 e. The van der Waals surface area contributed by atoms with Crippen LogP contribution in [0.25, 0.3) is 34.4 Å². The summed E-state index contributed by atoms with van der Waals surface area (Å²) < 4.78 is 27.6. The molecular formula is C20H18F2N6. The molecule has 0 unspecified atom stereocenters. The predicted octanol–water partition coefficient (Wildman–Crippen LogP) is 3.86. The Kier molecular flexibility index (Phi) is 4.70. The molecule has 0 amide bonds. The summed E-state index contributed by atoms with van der Waals surface area (Å²) in [7, 11) is 3.86. The van der Waals surface area contributed by atoms with Gasteiger partial charge < -0.3 is 4.90 Å². The summed E-state index contributed by atoms with van der Waals surface area (Å²) in [5.74, 6) is 0.372. The van der Waals surface area contributed by atoms with Crippen molar-refractivity contribution in [1.29, 1.82) is 0 Å². The van der Waals surface area contributed by atoms with Crippen molar-refractivity contribution in [2.75, 3.05) is 14.1 Å². The zero-order valence-electron chi connectivity index (χ0n) is 15.4. The lowest BCUT2D eigenvalue weighted by molar-refractivity contribution is 0.391. The molecule has 0 atom stereocenters. The molecule has 2 N–H and O–H groups in total. The Morgan fingerprint density at radius 1 is 1.00 bits per heavy atom. The van der Waals surface area contributed by atoms with E-state index in [4.69, 9.17) is 0 Å². The molecule has 2 heterocycles. The maximum Gasteiger partial charge on any atom is 0.181 e. The summed E-state index contributed by atoms with van der Waals surface area (Å²) in [5, 5.41) is 14.6. The SMILES string of the molecule is CN(C)Cc1nc(-c2cc(F)c3n[nH]c(/C=C/c4ccc(F)cc4)c3c2)n[nH]1. The van der Waals surface area contributed by atoms with E-state index in [2.05, 4.69) is 25.4 Å². The molecule has 28 heavy (non-hydrogen) atoms. The summed E-state index contributed by atoms with van der Waals surface area (Å²) in [4.78, 5) is 6.39. The van der Waals surface area contributed by atoms with Crippen LogP contribution in [0.15, 0.2) is 36.4 Å². The minimum atomic E-state index is -0.454. The van der Waals surface area contributed by atoms with Crippen molar-refractivity contribution in [3.63, 3.8) is 0 Å². The fraction of sp³-hybridized carbons (Fsp3) is 0.150. The molecule has 0 saturated carbocycles. The number of hydrogen-bond donors (Lipinski definition) is 2. The van der Waals surface area contributed by atoms with E-state index in [0.29, 0.717) is 34.8 Å². The first-order valence-corrected chi connectivity index (χ1v) is 8.67. The highest BCUT2D eigenvalue weighted by Gasteiger charge is 2.14. The second kappa shape index (κ2) is 7.32. The maximum absolute atomic E-state index is 14.5. The number of benzene rings is 2. The van der Waals surface area contributed by atoms with Crippen molar-refractivity contribution in [2.24, 2.45) is 0 Å². The summed E-state index contributed by atoms with van der Waals surface area (Å²) in [6.45, 7) is 0.606. The molecule has 8 heteroatoms. The van der Waals surface area contributed by atoms with Gasteiger partial charge in [-0.15, -0.1) is 0 Å². The number of nitrogens with zero attached hydrogens (tertiary/aromatic N) is 4. The van der Waals surface area contributed by atoms with Crippen molar-refractivity contribution < 1.29 is 8.78 Å². The van der Waals surface area contributed by atoms with Gasteiger partial charge in [0.15, 0.2) is 11.6 Å². The number of hydrogen-bond acceptors (Lipinski definition) is 4. The Labute approximate surface area is 159 Å². The zero-order valence-corrected chi connectivity index (χ0v) is 15.4. The number of fused-ring (bicyclic) bond motifs is 1. The van der Waals surface area contributed by atoms with Gasteiger partial charge in [-0.3, -0.25) is 10.2 Å². The molecule has 0 aliphatic rings. The lowest BCUT2D eigenvalue weighted by Crippen LogP contribution is -2.11. The highest BCUT2D eigenvalue weighted by Crippen LogP contribution is 2.27. The van der Waals surface area contributed by atoms with Crippen molar-refractivity contribution in [3.05, 3.63) is 65.1 Å². The average molecular weight is 380 g/mol. The largest absolute Gasteiger partial charge is 0.302 e. The van der Waals surface area contributed by atoms with Gasteiger partial charge in [-0.25, -0.2) is 13.8 Å². The van der Waals surface area contributed by atoms with E-state index in [-0.39, 0.29) is 11.3 Å². The molecule has 0 spiro atoms. The highest BCUT2D eigenvalue weighted by molar-refractivity contribution is 5.92. The molecule has 2 aromatic heterocycles. The minimum absolute atomic E-state index is 0.242. The molecule has 0 bridgehead atoms. The van der Waals surface area contributed by atoms with E-state index in [1.807, 2.05) is 19.0 Å². The molecule has 2 aromatic carbocycles. The van der Waals surface area contributed by atoms with Gasteiger partial charge in [0.05, 0.1) is 12.2 Å². The second-order valence-corrected chi connectivity index (χ2v) is 6.72. The molecule has 0 fully saturated rings. The monoisotopic (exact) mass is 380 g/mol. The predicted molar refractivity (Wildman–Crippen MR) is 104 cm³/mol. The maximum atomic E-state index is 14.5. The molecule has 142 valence electrons. The summed E-state index contributed by atoms with van der Waals surface area (Å²) in [5.41, 5.74) is 2.27. The van der Waals surface area contributed by atoms with Crippen molar-refractivity contribution in [2.45, 2.75) is 6.54 Å². The first-order chi connectivity index (χ1) is 13.5. The molecule has 4 aromatic rings. The van der Waals surface area contributed by atoms with Gasteiger partial charge in [0, 0.05) is 10.9 Å². The van der Waals surface area contributed by atoms with Crippen LogP contribution in [0.2, 0.25) is 0 Å². The highest BCUT2D eigenvalue weighted by atomic mass is 19.1. The van der Waals surface area contributed by atoms with Crippen molar-refractivity contribution >= 4 is 23.1 Å². The summed E-state index contributed by atoms with van der Waals surface area (Å²) in [6.07, 6.45) is 3.58. The molecule has 6 nitrogen and oxygen atoms in total. The average Bonchev–Trinajstić information content (AvgIpc) is 3.28. The number of H-pyrrole nitrogens is 2. The van der Waals surface area contributed by atoms with E-state index in [1.54, 1.807) is 30.4 Å². The van der Waals surface area contributed by atoms with E-state index < -0.39 is 5.82 Å². The first kappa shape index (κ1) is 18.0. The fourth-order valence-electron chi connectivity index (χ4n) is 2.90. The smallest absolute Gasteiger partial charge is 0.181 e. The van der Waals surface area contributed by atoms with Crippen LogP contribution in [-0.4, -0.2) is 44.4 Å².